The highest BCUT2D eigenvalue weighted by Gasteiger charge is 2.20. The van der Waals surface area contributed by atoms with Gasteiger partial charge in [0.25, 0.3) is 0 Å². The van der Waals surface area contributed by atoms with Crippen molar-refractivity contribution in [1.82, 2.24) is 10.6 Å². The molecule has 0 aromatic heterocycles. The number of rotatable bonds is 7. The van der Waals surface area contributed by atoms with Crippen LogP contribution in [-0.2, 0) is 20.8 Å². The number of nitrogens with one attached hydrogen (secondary N) is 2. The number of hydrogen-bond donors (Lipinski definition) is 2. The van der Waals surface area contributed by atoms with E-state index < -0.39 is 6.04 Å². The molecule has 0 bridgehead atoms. The van der Waals surface area contributed by atoms with Gasteiger partial charge in [-0.2, -0.15) is 0 Å². The molecule has 114 valence electrons. The predicted octanol–water partition coefficient (Wildman–Crippen LogP) is 1.13. The Morgan fingerprint density at radius 3 is 2.33 bits per heavy atom. The van der Waals surface area contributed by atoms with Crippen LogP contribution in [0.5, 0.6) is 0 Å². The Kier molecular flexibility index (Phi) is 7.53. The van der Waals surface area contributed by atoms with E-state index in [2.05, 4.69) is 10.6 Å². The molecule has 1 rings (SSSR count). The molecule has 1 atom stereocenters. The summed E-state index contributed by atoms with van der Waals surface area (Å²) in [6.07, 6.45) is 0.465. The zero-order valence-electron chi connectivity index (χ0n) is 12.2. The average molecular weight is 308 g/mol. The summed E-state index contributed by atoms with van der Waals surface area (Å²) in [7, 11) is 0. The molecule has 2 amide bonds. The maximum Gasteiger partial charge on any atom is 0.217 e. The first-order chi connectivity index (χ1) is 9.99. The van der Waals surface area contributed by atoms with Gasteiger partial charge in [-0.1, -0.05) is 42.1 Å². The average Bonchev–Trinajstić information content (AvgIpc) is 2.43. The van der Waals surface area contributed by atoms with Gasteiger partial charge in [0.1, 0.15) is 6.04 Å². The number of carbonyl (C=O) groups is 3. The number of amides is 2. The Labute approximate surface area is 128 Å². The summed E-state index contributed by atoms with van der Waals surface area (Å²) in [6.45, 7) is 3.26. The van der Waals surface area contributed by atoms with E-state index in [1.54, 1.807) is 0 Å². The van der Waals surface area contributed by atoms with Crippen molar-refractivity contribution in [2.75, 3.05) is 12.3 Å². The van der Waals surface area contributed by atoms with Crippen LogP contribution in [0.15, 0.2) is 30.3 Å². The molecule has 0 spiro atoms. The van der Waals surface area contributed by atoms with Crippen molar-refractivity contribution in [1.29, 1.82) is 0 Å². The molecule has 21 heavy (non-hydrogen) atoms. The van der Waals surface area contributed by atoms with Gasteiger partial charge in [0.15, 0.2) is 0 Å². The van der Waals surface area contributed by atoms with Crippen LogP contribution in [0.4, 0.5) is 0 Å². The second-order valence-electron chi connectivity index (χ2n) is 4.59. The van der Waals surface area contributed by atoms with Crippen LogP contribution in [0, 0.1) is 0 Å². The summed E-state index contributed by atoms with van der Waals surface area (Å²) < 4.78 is 0. The molecule has 0 aliphatic heterocycles. The second-order valence-corrected chi connectivity index (χ2v) is 5.69. The van der Waals surface area contributed by atoms with Crippen LogP contribution in [0.3, 0.4) is 0 Å². The van der Waals surface area contributed by atoms with E-state index in [4.69, 9.17) is 0 Å². The van der Waals surface area contributed by atoms with Crippen LogP contribution >= 0.6 is 11.8 Å². The number of carbonyl (C=O) groups excluding carboxylic acids is 3. The molecule has 1 aromatic carbocycles. The minimum atomic E-state index is -0.549. The van der Waals surface area contributed by atoms with E-state index in [1.165, 1.54) is 13.8 Å². The molecule has 0 saturated carbocycles. The molecule has 6 heteroatoms. The molecule has 1 aromatic rings. The molecule has 0 fully saturated rings. The lowest BCUT2D eigenvalue weighted by Crippen LogP contribution is -2.40. The van der Waals surface area contributed by atoms with Crippen molar-refractivity contribution in [2.45, 2.75) is 26.3 Å². The normalized spacial score (nSPS) is 11.5. The molecular formula is C15H20N2O3S. The van der Waals surface area contributed by atoms with E-state index in [0.29, 0.717) is 18.7 Å². The Balaban J connectivity index is 2.53. The summed E-state index contributed by atoms with van der Waals surface area (Å²) in [5.74, 6) is 0.140. The van der Waals surface area contributed by atoms with E-state index >= 15 is 0 Å². The van der Waals surface area contributed by atoms with Gasteiger partial charge in [-0.15, -0.1) is 0 Å². The lowest BCUT2D eigenvalue weighted by molar-refractivity contribution is -0.123. The van der Waals surface area contributed by atoms with Crippen molar-refractivity contribution in [3.05, 3.63) is 35.9 Å². The standard InChI is InChI=1S/C15H20N2O3S/c1-11(18)16-8-9-21-15(20)14(17-12(2)19)10-13-6-4-3-5-7-13/h3-7,14H,8-10H2,1-2H3,(H,16,18)(H,17,19). The minimum absolute atomic E-state index is 0.0978. The number of thioether (sulfide) groups is 1. The van der Waals surface area contributed by atoms with Crippen LogP contribution < -0.4 is 10.6 Å². The van der Waals surface area contributed by atoms with Crippen molar-refractivity contribution >= 4 is 28.7 Å². The van der Waals surface area contributed by atoms with Crippen LogP contribution in [0.2, 0.25) is 0 Å². The lowest BCUT2D eigenvalue weighted by atomic mass is 10.1. The summed E-state index contributed by atoms with van der Waals surface area (Å²) in [5.41, 5.74) is 0.993. The Bertz CT molecular complexity index is 491. The topological polar surface area (TPSA) is 75.3 Å². The molecular weight excluding hydrogens is 288 g/mol. The first-order valence-corrected chi connectivity index (χ1v) is 7.69. The smallest absolute Gasteiger partial charge is 0.217 e. The largest absolute Gasteiger partial charge is 0.356 e. The van der Waals surface area contributed by atoms with Gasteiger partial charge < -0.3 is 10.6 Å². The zero-order valence-corrected chi connectivity index (χ0v) is 13.0. The molecule has 0 aliphatic carbocycles. The van der Waals surface area contributed by atoms with Crippen molar-refractivity contribution < 1.29 is 14.4 Å². The molecule has 0 saturated heterocycles. The minimum Gasteiger partial charge on any atom is -0.356 e. The summed E-state index contributed by atoms with van der Waals surface area (Å²) in [4.78, 5) is 34.1. The second kappa shape index (κ2) is 9.18. The Hall–Kier alpha value is -1.82. The molecule has 0 aliphatic rings. The number of benzene rings is 1. The summed E-state index contributed by atoms with van der Waals surface area (Å²) >= 11 is 1.12. The first-order valence-electron chi connectivity index (χ1n) is 6.71. The van der Waals surface area contributed by atoms with Crippen molar-refractivity contribution in [2.24, 2.45) is 0 Å². The maximum atomic E-state index is 12.2. The fraction of sp³-hybridized carbons (Fsp3) is 0.400. The number of hydrogen-bond acceptors (Lipinski definition) is 4. The van der Waals surface area contributed by atoms with Gasteiger partial charge in [-0.25, -0.2) is 0 Å². The highest BCUT2D eigenvalue weighted by Crippen LogP contribution is 2.11. The maximum absolute atomic E-state index is 12.2. The highest BCUT2D eigenvalue weighted by molar-refractivity contribution is 8.13. The van der Waals surface area contributed by atoms with Crippen LogP contribution in [0.25, 0.3) is 0 Å². The molecule has 1 unspecified atom stereocenters. The van der Waals surface area contributed by atoms with Crippen molar-refractivity contribution in [3.8, 4) is 0 Å². The van der Waals surface area contributed by atoms with E-state index in [9.17, 15) is 14.4 Å². The first kappa shape index (κ1) is 17.2. The van der Waals surface area contributed by atoms with Crippen molar-refractivity contribution in [3.63, 3.8) is 0 Å². The van der Waals surface area contributed by atoms with E-state index in [1.807, 2.05) is 30.3 Å². The Morgan fingerprint density at radius 2 is 1.76 bits per heavy atom. The monoisotopic (exact) mass is 308 g/mol. The SMILES string of the molecule is CC(=O)NCCSC(=O)C(Cc1ccccc1)NC(C)=O. The fourth-order valence-corrected chi connectivity index (χ4v) is 2.52. The zero-order chi connectivity index (χ0) is 15.7. The van der Waals surface area contributed by atoms with Crippen LogP contribution in [-0.4, -0.2) is 35.3 Å². The third-order valence-corrected chi connectivity index (χ3v) is 3.64. The molecule has 2 N–H and O–H groups in total. The van der Waals surface area contributed by atoms with Gasteiger partial charge >= 0.3 is 0 Å². The summed E-state index contributed by atoms with van der Waals surface area (Å²) in [6, 6.07) is 8.99. The third-order valence-electron chi connectivity index (χ3n) is 2.66. The molecule has 0 heterocycles. The van der Waals surface area contributed by atoms with Crippen LogP contribution in [0.1, 0.15) is 19.4 Å². The van der Waals surface area contributed by atoms with Gasteiger partial charge in [-0.3, -0.25) is 14.4 Å². The summed E-state index contributed by atoms with van der Waals surface area (Å²) in [5, 5.41) is 5.21. The fourth-order valence-electron chi connectivity index (χ4n) is 1.77. The van der Waals surface area contributed by atoms with Gasteiger partial charge in [0.05, 0.1) is 0 Å². The molecule has 5 nitrogen and oxygen atoms in total. The Morgan fingerprint density at radius 1 is 1.10 bits per heavy atom. The van der Waals surface area contributed by atoms with Gasteiger partial charge in [-0.05, 0) is 5.56 Å². The van der Waals surface area contributed by atoms with Gasteiger partial charge in [0.2, 0.25) is 16.9 Å². The van der Waals surface area contributed by atoms with E-state index in [-0.39, 0.29) is 16.9 Å². The highest BCUT2D eigenvalue weighted by atomic mass is 32.2. The molecule has 0 radical (unpaired) electrons. The quantitative estimate of drug-likeness (QED) is 0.741. The van der Waals surface area contributed by atoms with E-state index in [0.717, 1.165) is 17.3 Å². The predicted molar refractivity (Wildman–Crippen MR) is 83.9 cm³/mol. The third kappa shape index (κ3) is 7.51. The lowest BCUT2D eigenvalue weighted by Gasteiger charge is -2.16. The van der Waals surface area contributed by atoms with Gasteiger partial charge in [0, 0.05) is 32.6 Å².